The second-order valence-electron chi connectivity index (χ2n) is 8.28. The van der Waals surface area contributed by atoms with Crippen molar-refractivity contribution in [1.82, 2.24) is 15.6 Å². The molecule has 5 N–H and O–H groups in total. The Balaban J connectivity index is 1.76. The monoisotopic (exact) mass is 631 g/mol. The van der Waals surface area contributed by atoms with E-state index in [0.29, 0.717) is 15.6 Å². The van der Waals surface area contributed by atoms with Gasteiger partial charge in [0.1, 0.15) is 18.4 Å². The number of hydrogen-bond acceptors (Lipinski definition) is 8. The lowest BCUT2D eigenvalue weighted by molar-refractivity contribution is -0.143. The van der Waals surface area contributed by atoms with Crippen molar-refractivity contribution in [2.24, 2.45) is 5.14 Å². The number of halogens is 1. The number of nitrogens with two attached hydrogens (primary N) is 1. The van der Waals surface area contributed by atoms with Gasteiger partial charge in [0.15, 0.2) is 0 Å². The highest BCUT2D eigenvalue weighted by molar-refractivity contribution is 9.10. The van der Waals surface area contributed by atoms with Crippen molar-refractivity contribution in [3.8, 4) is 11.1 Å². The van der Waals surface area contributed by atoms with Gasteiger partial charge < -0.3 is 20.7 Å². The molecule has 14 heteroatoms. The summed E-state index contributed by atoms with van der Waals surface area (Å²) in [6.07, 6.45) is 1.02. The van der Waals surface area contributed by atoms with E-state index in [1.165, 1.54) is 36.5 Å². The van der Waals surface area contributed by atoms with Gasteiger partial charge in [-0.25, -0.2) is 18.5 Å². The average molecular weight is 632 g/mol. The molecule has 3 rings (SSSR count). The predicted octanol–water partition coefficient (Wildman–Crippen LogP) is 1.96. The van der Waals surface area contributed by atoms with E-state index in [1.807, 2.05) is 0 Å². The summed E-state index contributed by atoms with van der Waals surface area (Å²) >= 11 is 3.24. The number of amides is 3. The van der Waals surface area contributed by atoms with Crippen LogP contribution in [0.15, 0.2) is 76.2 Å². The number of primary sulfonamides is 1. The van der Waals surface area contributed by atoms with Crippen LogP contribution in [0.4, 0.5) is 5.82 Å². The van der Waals surface area contributed by atoms with E-state index in [0.717, 1.165) is 0 Å². The summed E-state index contributed by atoms with van der Waals surface area (Å²) in [5, 5.41) is 12.7. The molecule has 1 unspecified atom stereocenters. The van der Waals surface area contributed by atoms with Gasteiger partial charge in [0.05, 0.1) is 17.9 Å². The van der Waals surface area contributed by atoms with Crippen LogP contribution in [0.1, 0.15) is 23.7 Å². The van der Waals surface area contributed by atoms with Crippen molar-refractivity contribution in [3.05, 3.63) is 76.9 Å². The third-order valence-corrected chi connectivity index (χ3v) is 6.81. The molecule has 0 aliphatic heterocycles. The first-order valence-corrected chi connectivity index (χ1v) is 14.2. The second-order valence-corrected chi connectivity index (χ2v) is 10.7. The number of rotatable bonds is 11. The molecule has 40 heavy (non-hydrogen) atoms. The van der Waals surface area contributed by atoms with Gasteiger partial charge >= 0.3 is 5.97 Å². The average Bonchev–Trinajstić information content (AvgIpc) is 2.92. The van der Waals surface area contributed by atoms with E-state index in [-0.39, 0.29) is 22.9 Å². The number of hydrogen-bond donors (Lipinski definition) is 4. The minimum atomic E-state index is -3.99. The minimum absolute atomic E-state index is 0.0724. The van der Waals surface area contributed by atoms with E-state index in [9.17, 15) is 27.6 Å². The molecule has 3 amide bonds. The molecule has 1 aromatic heterocycles. The summed E-state index contributed by atoms with van der Waals surface area (Å²) in [4.78, 5) is 54.1. The Kier molecular flexibility index (Phi) is 10.5. The zero-order chi connectivity index (χ0) is 29.3. The largest absolute Gasteiger partial charge is 0.465 e. The number of ether oxygens (including phenoxy) is 1. The fourth-order valence-corrected chi connectivity index (χ4v) is 4.52. The zero-order valence-corrected chi connectivity index (χ0v) is 23.6. The standard InChI is InChI=1S/C26H26BrN5O7S/c1-2-39-24(34)15-30-26(36)20(13-23(33)32-22-12-11-18(27)14-29-22)31-25(35)17-9-7-16(8-10-17)19-5-3-4-6-21(19)40(28,37)38/h3-12,14,20H,2,13,15H2,1H3,(H,30,36)(H,31,35)(H2,28,37,38)(H,29,32,33). The van der Waals surface area contributed by atoms with E-state index < -0.39 is 52.7 Å². The normalized spacial score (nSPS) is 11.7. The highest BCUT2D eigenvalue weighted by atomic mass is 79.9. The van der Waals surface area contributed by atoms with Crippen LogP contribution in [0.3, 0.4) is 0 Å². The number of pyridine rings is 1. The highest BCUT2D eigenvalue weighted by Gasteiger charge is 2.25. The molecule has 0 spiro atoms. The second kappa shape index (κ2) is 13.8. The number of nitrogens with one attached hydrogen (secondary N) is 3. The number of anilines is 1. The molecule has 1 heterocycles. The van der Waals surface area contributed by atoms with Gasteiger partial charge in [0, 0.05) is 21.8 Å². The van der Waals surface area contributed by atoms with Crippen LogP contribution in [0, 0.1) is 0 Å². The van der Waals surface area contributed by atoms with Crippen molar-refractivity contribution >= 4 is 55.5 Å². The number of carbonyl (C=O) groups excluding carboxylic acids is 4. The number of carbonyl (C=O) groups is 4. The van der Waals surface area contributed by atoms with Crippen LogP contribution in [0.25, 0.3) is 11.1 Å². The van der Waals surface area contributed by atoms with Crippen LogP contribution < -0.4 is 21.1 Å². The van der Waals surface area contributed by atoms with Gasteiger partial charge in [-0.2, -0.15) is 0 Å². The molecule has 0 aliphatic rings. The van der Waals surface area contributed by atoms with Crippen molar-refractivity contribution < 1.29 is 32.3 Å². The Labute approximate surface area is 238 Å². The fourth-order valence-electron chi connectivity index (χ4n) is 3.53. The Bertz CT molecular complexity index is 1500. The first kappa shape index (κ1) is 30.4. The van der Waals surface area contributed by atoms with Gasteiger partial charge in [-0.3, -0.25) is 19.2 Å². The van der Waals surface area contributed by atoms with Crippen LogP contribution in [0.5, 0.6) is 0 Å². The minimum Gasteiger partial charge on any atom is -0.465 e. The lowest BCUT2D eigenvalue weighted by Gasteiger charge is -2.18. The molecule has 0 saturated carbocycles. The quantitative estimate of drug-likeness (QED) is 0.231. The molecule has 12 nitrogen and oxygen atoms in total. The third-order valence-electron chi connectivity index (χ3n) is 5.37. The number of sulfonamides is 1. The van der Waals surface area contributed by atoms with E-state index in [1.54, 1.807) is 37.3 Å². The maximum Gasteiger partial charge on any atom is 0.325 e. The van der Waals surface area contributed by atoms with Crippen LogP contribution >= 0.6 is 15.9 Å². The van der Waals surface area contributed by atoms with Crippen LogP contribution in [-0.2, 0) is 29.1 Å². The summed E-state index contributed by atoms with van der Waals surface area (Å²) in [5.74, 6) is -2.52. The molecule has 0 fully saturated rings. The maximum absolute atomic E-state index is 13.0. The molecule has 0 bridgehead atoms. The summed E-state index contributed by atoms with van der Waals surface area (Å²) in [6, 6.07) is 13.9. The van der Waals surface area contributed by atoms with E-state index >= 15 is 0 Å². The Morgan fingerprint density at radius 1 is 1.02 bits per heavy atom. The molecule has 0 saturated heterocycles. The fraction of sp³-hybridized carbons (Fsp3) is 0.192. The molecule has 0 radical (unpaired) electrons. The molecule has 0 aliphatic carbocycles. The number of nitrogens with zero attached hydrogens (tertiary/aromatic N) is 1. The van der Waals surface area contributed by atoms with E-state index in [4.69, 9.17) is 9.88 Å². The molecule has 1 atom stereocenters. The first-order valence-electron chi connectivity index (χ1n) is 11.9. The third kappa shape index (κ3) is 8.69. The lowest BCUT2D eigenvalue weighted by Crippen LogP contribution is -2.49. The van der Waals surface area contributed by atoms with E-state index in [2.05, 4.69) is 36.9 Å². The van der Waals surface area contributed by atoms with Crippen molar-refractivity contribution in [2.45, 2.75) is 24.3 Å². The smallest absolute Gasteiger partial charge is 0.325 e. The topological polar surface area (TPSA) is 187 Å². The summed E-state index contributed by atoms with van der Waals surface area (Å²) in [6.45, 7) is 1.28. The molecule has 2 aromatic carbocycles. The molecular weight excluding hydrogens is 606 g/mol. The number of benzene rings is 2. The molecule has 3 aromatic rings. The Hall–Kier alpha value is -4.14. The van der Waals surface area contributed by atoms with Crippen molar-refractivity contribution in [3.63, 3.8) is 0 Å². The zero-order valence-electron chi connectivity index (χ0n) is 21.2. The van der Waals surface area contributed by atoms with Crippen molar-refractivity contribution in [2.75, 3.05) is 18.5 Å². The SMILES string of the molecule is CCOC(=O)CNC(=O)C(CC(=O)Nc1ccc(Br)cn1)NC(=O)c1ccc(-c2ccccc2S(N)(=O)=O)cc1. The number of aromatic nitrogens is 1. The maximum atomic E-state index is 13.0. The Morgan fingerprint density at radius 3 is 2.35 bits per heavy atom. The first-order chi connectivity index (χ1) is 19.0. The van der Waals surface area contributed by atoms with Gasteiger partial charge in [0.2, 0.25) is 21.8 Å². The predicted molar refractivity (Wildman–Crippen MR) is 149 cm³/mol. The van der Waals surface area contributed by atoms with Crippen LogP contribution in [-0.4, -0.2) is 56.3 Å². The van der Waals surface area contributed by atoms with Gasteiger partial charge in [-0.15, -0.1) is 0 Å². The Morgan fingerprint density at radius 2 is 1.73 bits per heavy atom. The lowest BCUT2D eigenvalue weighted by atomic mass is 10.0. The molecular formula is C26H26BrN5O7S. The molecule has 210 valence electrons. The number of esters is 1. The van der Waals surface area contributed by atoms with Crippen LogP contribution in [0.2, 0.25) is 0 Å². The van der Waals surface area contributed by atoms with Gasteiger partial charge in [0.25, 0.3) is 5.91 Å². The summed E-state index contributed by atoms with van der Waals surface area (Å²) in [5.41, 5.74) is 0.979. The summed E-state index contributed by atoms with van der Waals surface area (Å²) < 4.78 is 29.4. The highest BCUT2D eigenvalue weighted by Crippen LogP contribution is 2.26. The van der Waals surface area contributed by atoms with Crippen molar-refractivity contribution in [1.29, 1.82) is 0 Å². The van der Waals surface area contributed by atoms with Gasteiger partial charge in [-0.1, -0.05) is 30.3 Å². The van der Waals surface area contributed by atoms with Gasteiger partial charge in [-0.05, 0) is 58.7 Å². The summed E-state index contributed by atoms with van der Waals surface area (Å²) in [7, 11) is -3.99.